The summed E-state index contributed by atoms with van der Waals surface area (Å²) < 4.78 is 5.87. The minimum absolute atomic E-state index is 0.150. The summed E-state index contributed by atoms with van der Waals surface area (Å²) in [6.07, 6.45) is 4.12. The number of carboxylic acid groups (broad SMARTS) is 1. The molecule has 0 radical (unpaired) electrons. The predicted octanol–water partition coefficient (Wildman–Crippen LogP) is 1.62. The van der Waals surface area contributed by atoms with E-state index in [4.69, 9.17) is 4.74 Å². The smallest absolute Gasteiger partial charge is 0.310 e. The average Bonchev–Trinajstić information content (AvgIpc) is 3.15. The summed E-state index contributed by atoms with van der Waals surface area (Å²) in [5, 5.41) is 9.44. The second-order valence-electron chi connectivity index (χ2n) is 6.18. The Morgan fingerprint density at radius 2 is 2.14 bits per heavy atom. The molecule has 4 rings (SSSR count). The number of benzene rings is 1. The van der Waals surface area contributed by atoms with Gasteiger partial charge < -0.3 is 14.7 Å². The number of anilines is 1. The third-order valence-electron chi connectivity index (χ3n) is 5.04. The largest absolute Gasteiger partial charge is 0.481 e. The number of hydrogen-bond donors (Lipinski definition) is 1. The van der Waals surface area contributed by atoms with Crippen molar-refractivity contribution >= 4 is 17.6 Å². The van der Waals surface area contributed by atoms with Crippen molar-refractivity contribution in [3.63, 3.8) is 0 Å². The number of carbonyl (C=O) groups excluding carboxylic acids is 1. The SMILES string of the molecule is CCc1ccc(N2C[C@@]34C=C[C@H](O3)[C@H](C(=O)O)[C@H]4C2=O)cc1. The lowest BCUT2D eigenvalue weighted by Crippen LogP contribution is -2.39. The van der Waals surface area contributed by atoms with Crippen LogP contribution in [0.3, 0.4) is 0 Å². The molecule has 0 aromatic heterocycles. The molecule has 2 bridgehead atoms. The van der Waals surface area contributed by atoms with Gasteiger partial charge in [-0.15, -0.1) is 0 Å². The molecule has 0 aliphatic carbocycles. The lowest BCUT2D eigenvalue weighted by atomic mass is 9.77. The fraction of sp³-hybridized carbons (Fsp3) is 0.412. The van der Waals surface area contributed by atoms with Gasteiger partial charge in [-0.05, 0) is 24.1 Å². The van der Waals surface area contributed by atoms with Crippen LogP contribution >= 0.6 is 0 Å². The monoisotopic (exact) mass is 299 g/mol. The number of hydrogen-bond acceptors (Lipinski definition) is 3. The van der Waals surface area contributed by atoms with Gasteiger partial charge in [0.2, 0.25) is 5.91 Å². The van der Waals surface area contributed by atoms with Gasteiger partial charge in [-0.3, -0.25) is 9.59 Å². The molecule has 3 heterocycles. The van der Waals surface area contributed by atoms with Crippen molar-refractivity contribution in [2.45, 2.75) is 25.0 Å². The third-order valence-corrected chi connectivity index (χ3v) is 5.04. The van der Waals surface area contributed by atoms with E-state index in [0.717, 1.165) is 12.1 Å². The number of carboxylic acids is 1. The highest BCUT2D eigenvalue weighted by Gasteiger charge is 2.67. The number of nitrogens with zero attached hydrogens (tertiary/aromatic N) is 1. The number of carbonyl (C=O) groups is 2. The van der Waals surface area contributed by atoms with Crippen LogP contribution in [0.5, 0.6) is 0 Å². The van der Waals surface area contributed by atoms with Crippen LogP contribution in [0.15, 0.2) is 36.4 Å². The Morgan fingerprint density at radius 1 is 1.41 bits per heavy atom. The maximum atomic E-state index is 12.8. The van der Waals surface area contributed by atoms with Crippen LogP contribution in [0.2, 0.25) is 0 Å². The number of aliphatic carboxylic acids is 1. The molecule has 1 amide bonds. The van der Waals surface area contributed by atoms with E-state index in [9.17, 15) is 14.7 Å². The van der Waals surface area contributed by atoms with Crippen LogP contribution in [0.4, 0.5) is 5.69 Å². The molecule has 5 nitrogen and oxygen atoms in total. The van der Waals surface area contributed by atoms with Gasteiger partial charge >= 0.3 is 5.97 Å². The number of fused-ring (bicyclic) bond motifs is 1. The number of aryl methyl sites for hydroxylation is 1. The molecular weight excluding hydrogens is 282 g/mol. The molecule has 3 aliphatic heterocycles. The summed E-state index contributed by atoms with van der Waals surface area (Å²) in [5.41, 5.74) is 1.23. The van der Waals surface area contributed by atoms with Crippen LogP contribution in [-0.4, -0.2) is 35.2 Å². The Labute approximate surface area is 128 Å². The molecule has 2 fully saturated rings. The zero-order valence-electron chi connectivity index (χ0n) is 12.2. The van der Waals surface area contributed by atoms with Crippen molar-refractivity contribution < 1.29 is 19.4 Å². The fourth-order valence-corrected chi connectivity index (χ4v) is 3.91. The Bertz CT molecular complexity index is 680. The summed E-state index contributed by atoms with van der Waals surface area (Å²) in [4.78, 5) is 26.0. The minimum Gasteiger partial charge on any atom is -0.481 e. The lowest BCUT2D eigenvalue weighted by Gasteiger charge is -2.21. The van der Waals surface area contributed by atoms with Crippen LogP contribution in [-0.2, 0) is 20.7 Å². The van der Waals surface area contributed by atoms with E-state index < -0.39 is 29.5 Å². The van der Waals surface area contributed by atoms with Crippen LogP contribution < -0.4 is 4.90 Å². The highest BCUT2D eigenvalue weighted by Crippen LogP contribution is 2.52. The van der Waals surface area contributed by atoms with Gasteiger partial charge in [0.1, 0.15) is 11.5 Å². The fourth-order valence-electron chi connectivity index (χ4n) is 3.91. The van der Waals surface area contributed by atoms with E-state index in [2.05, 4.69) is 6.92 Å². The standard InChI is InChI=1S/C17H17NO4/c1-2-10-3-5-11(6-4-10)18-9-17-8-7-12(22-17)13(16(20)21)14(17)15(18)19/h3-8,12-14H,2,9H2,1H3,(H,20,21)/t12-,13-,14-,17+/m0/s1. The molecular formula is C17H17NO4. The van der Waals surface area contributed by atoms with Gasteiger partial charge in [0.25, 0.3) is 0 Å². The van der Waals surface area contributed by atoms with Crippen molar-refractivity contribution in [1.82, 2.24) is 0 Å². The van der Waals surface area contributed by atoms with E-state index in [-0.39, 0.29) is 5.91 Å². The first-order valence-electron chi connectivity index (χ1n) is 7.56. The van der Waals surface area contributed by atoms with E-state index in [1.807, 2.05) is 30.3 Å². The summed E-state index contributed by atoms with van der Waals surface area (Å²) in [7, 11) is 0. The lowest BCUT2D eigenvalue weighted by molar-refractivity contribution is -0.146. The first-order valence-corrected chi connectivity index (χ1v) is 7.56. The molecule has 114 valence electrons. The molecule has 1 N–H and O–H groups in total. The van der Waals surface area contributed by atoms with Gasteiger partial charge in [-0.2, -0.15) is 0 Å². The molecule has 2 saturated heterocycles. The van der Waals surface area contributed by atoms with Gasteiger partial charge in [-0.25, -0.2) is 0 Å². The zero-order chi connectivity index (χ0) is 15.5. The maximum Gasteiger partial charge on any atom is 0.310 e. The number of rotatable bonds is 3. The summed E-state index contributed by atoms with van der Waals surface area (Å²) in [6.45, 7) is 2.47. The van der Waals surface area contributed by atoms with Gasteiger partial charge in [0.05, 0.1) is 18.6 Å². The molecule has 22 heavy (non-hydrogen) atoms. The van der Waals surface area contributed by atoms with E-state index in [1.54, 1.807) is 11.0 Å². The third kappa shape index (κ3) is 1.63. The van der Waals surface area contributed by atoms with Crippen molar-refractivity contribution in [3.8, 4) is 0 Å². The Morgan fingerprint density at radius 3 is 2.77 bits per heavy atom. The first-order chi connectivity index (χ1) is 10.6. The summed E-state index contributed by atoms with van der Waals surface area (Å²) in [5.74, 6) is -2.51. The van der Waals surface area contributed by atoms with E-state index >= 15 is 0 Å². The molecule has 5 heteroatoms. The van der Waals surface area contributed by atoms with Gasteiger partial charge in [-0.1, -0.05) is 31.2 Å². The number of ether oxygens (including phenoxy) is 1. The topological polar surface area (TPSA) is 66.8 Å². The minimum atomic E-state index is -0.960. The average molecular weight is 299 g/mol. The molecule has 4 atom stereocenters. The Hall–Kier alpha value is -2.14. The number of amides is 1. The van der Waals surface area contributed by atoms with E-state index in [0.29, 0.717) is 6.54 Å². The van der Waals surface area contributed by atoms with Gasteiger partial charge in [0, 0.05) is 5.69 Å². The Kier molecular flexibility index (Phi) is 2.72. The van der Waals surface area contributed by atoms with Crippen molar-refractivity contribution in [3.05, 3.63) is 42.0 Å². The van der Waals surface area contributed by atoms with Crippen molar-refractivity contribution in [2.75, 3.05) is 11.4 Å². The first kappa shape index (κ1) is 13.5. The second kappa shape index (κ2) is 4.43. The maximum absolute atomic E-state index is 12.8. The highest BCUT2D eigenvalue weighted by molar-refractivity contribution is 6.02. The van der Waals surface area contributed by atoms with Crippen molar-refractivity contribution in [1.29, 1.82) is 0 Å². The normalized spacial score (nSPS) is 35.2. The van der Waals surface area contributed by atoms with E-state index in [1.165, 1.54) is 5.56 Å². The molecule has 0 saturated carbocycles. The predicted molar refractivity (Wildman–Crippen MR) is 79.5 cm³/mol. The Balaban J connectivity index is 1.70. The van der Waals surface area contributed by atoms with Crippen molar-refractivity contribution in [2.24, 2.45) is 11.8 Å². The van der Waals surface area contributed by atoms with Crippen LogP contribution in [0, 0.1) is 11.8 Å². The molecule has 1 aromatic rings. The van der Waals surface area contributed by atoms with Crippen LogP contribution in [0.25, 0.3) is 0 Å². The summed E-state index contributed by atoms with van der Waals surface area (Å²) in [6, 6.07) is 7.83. The van der Waals surface area contributed by atoms with Crippen LogP contribution in [0.1, 0.15) is 12.5 Å². The quantitative estimate of drug-likeness (QED) is 0.861. The molecule has 1 aromatic carbocycles. The molecule has 0 unspecified atom stereocenters. The second-order valence-corrected chi connectivity index (χ2v) is 6.18. The molecule has 1 spiro atoms. The van der Waals surface area contributed by atoms with Gasteiger partial charge in [0.15, 0.2) is 0 Å². The molecule has 3 aliphatic rings. The summed E-state index contributed by atoms with van der Waals surface area (Å²) >= 11 is 0. The highest BCUT2D eigenvalue weighted by atomic mass is 16.5. The zero-order valence-corrected chi connectivity index (χ0v) is 12.2.